The molecule has 3 aromatic rings. The van der Waals surface area contributed by atoms with E-state index in [1.807, 2.05) is 24.3 Å². The van der Waals surface area contributed by atoms with Crippen LogP contribution in [0.15, 0.2) is 77.7 Å². The number of piperidine rings is 1. The van der Waals surface area contributed by atoms with Crippen molar-refractivity contribution in [3.05, 3.63) is 88.9 Å². The zero-order valence-corrected chi connectivity index (χ0v) is 20.6. The highest BCUT2D eigenvalue weighted by atomic mass is 35.5. The number of hydrogen-bond acceptors (Lipinski definition) is 4. The number of amides is 1. The third-order valence-corrected chi connectivity index (χ3v) is 8.76. The summed E-state index contributed by atoms with van der Waals surface area (Å²) in [5.41, 5.74) is 4.00. The number of halogens is 1. The largest absolute Gasteiger partial charge is 0.345 e. The number of carbonyl (C=O) groups is 1. The van der Waals surface area contributed by atoms with Gasteiger partial charge in [-0.1, -0.05) is 54.1 Å². The van der Waals surface area contributed by atoms with Crippen molar-refractivity contribution in [3.63, 3.8) is 0 Å². The Morgan fingerprint density at radius 1 is 0.941 bits per heavy atom. The highest BCUT2D eigenvalue weighted by molar-refractivity contribution is 7.89. The second kappa shape index (κ2) is 8.82. The Labute approximate surface area is 205 Å². The Kier molecular flexibility index (Phi) is 5.98. The Hall–Kier alpha value is -2.71. The zero-order chi connectivity index (χ0) is 24.0. The van der Waals surface area contributed by atoms with Crippen molar-refractivity contribution in [1.82, 2.24) is 14.5 Å². The lowest BCUT2D eigenvalue weighted by Crippen LogP contribution is -2.72. The number of benzene rings is 3. The van der Waals surface area contributed by atoms with Crippen LogP contribution in [0.2, 0.25) is 5.02 Å². The monoisotopic (exact) mass is 495 g/mol. The fourth-order valence-electron chi connectivity index (χ4n) is 4.89. The van der Waals surface area contributed by atoms with Gasteiger partial charge < -0.3 is 10.2 Å². The SMILES string of the molecule is CN(C)C(=O)c1ccc(-c2ccc(C3[C@@H]4CN(S(=O)(=O)c5cccc(Cl)c5)C[C@H]3N4)cc2)cc1. The normalized spacial score (nSPS) is 22.1. The maximum atomic E-state index is 13.1. The van der Waals surface area contributed by atoms with E-state index in [0.717, 1.165) is 11.1 Å². The summed E-state index contributed by atoms with van der Waals surface area (Å²) >= 11 is 6.01. The van der Waals surface area contributed by atoms with E-state index in [-0.39, 0.29) is 28.8 Å². The molecule has 0 saturated carbocycles. The van der Waals surface area contributed by atoms with Crippen molar-refractivity contribution < 1.29 is 13.2 Å². The van der Waals surface area contributed by atoms with Gasteiger partial charge in [0.2, 0.25) is 10.0 Å². The van der Waals surface area contributed by atoms with Gasteiger partial charge >= 0.3 is 0 Å². The molecule has 1 unspecified atom stereocenters. The molecule has 0 aromatic heterocycles. The maximum absolute atomic E-state index is 13.1. The fourth-order valence-corrected chi connectivity index (χ4v) is 6.68. The van der Waals surface area contributed by atoms with Crippen molar-refractivity contribution in [2.24, 2.45) is 0 Å². The lowest BCUT2D eigenvalue weighted by Gasteiger charge is -2.54. The first-order chi connectivity index (χ1) is 16.2. The molecule has 1 N–H and O–H groups in total. The molecule has 2 bridgehead atoms. The van der Waals surface area contributed by atoms with Crippen LogP contribution in [0.25, 0.3) is 11.1 Å². The second-order valence-corrected chi connectivity index (χ2v) is 11.5. The number of piperazine rings is 1. The summed E-state index contributed by atoms with van der Waals surface area (Å²) < 4.78 is 27.7. The number of nitrogens with zero attached hydrogens (tertiary/aromatic N) is 2. The molecule has 3 aromatic carbocycles. The Balaban J connectivity index is 1.28. The minimum atomic E-state index is -3.57. The molecule has 3 fully saturated rings. The quantitative estimate of drug-likeness (QED) is 0.584. The molecular formula is C26H26ClN3O3S. The Morgan fingerprint density at radius 3 is 2.09 bits per heavy atom. The van der Waals surface area contributed by atoms with Gasteiger partial charge in [0.15, 0.2) is 0 Å². The number of nitrogens with one attached hydrogen (secondary N) is 1. The zero-order valence-electron chi connectivity index (χ0n) is 19.0. The number of sulfonamides is 1. The van der Waals surface area contributed by atoms with Crippen LogP contribution in [-0.2, 0) is 10.0 Å². The van der Waals surface area contributed by atoms with Crippen LogP contribution in [0.5, 0.6) is 0 Å². The maximum Gasteiger partial charge on any atom is 0.253 e. The summed E-state index contributed by atoms with van der Waals surface area (Å²) in [6.07, 6.45) is 0. The minimum absolute atomic E-state index is 0.0164. The molecule has 6 nitrogen and oxygen atoms in total. The first-order valence-corrected chi connectivity index (χ1v) is 13.0. The third-order valence-electron chi connectivity index (χ3n) is 6.70. The molecule has 8 heteroatoms. The van der Waals surface area contributed by atoms with Gasteiger partial charge in [-0.05, 0) is 47.0 Å². The van der Waals surface area contributed by atoms with Gasteiger partial charge in [0.1, 0.15) is 0 Å². The van der Waals surface area contributed by atoms with Gasteiger partial charge in [0.05, 0.1) is 4.90 Å². The lowest BCUT2D eigenvalue weighted by atomic mass is 9.75. The van der Waals surface area contributed by atoms with E-state index in [0.29, 0.717) is 23.7 Å². The molecule has 1 amide bonds. The second-order valence-electron chi connectivity index (χ2n) is 9.08. The minimum Gasteiger partial charge on any atom is -0.345 e. The summed E-state index contributed by atoms with van der Waals surface area (Å²) in [6.45, 7) is 0.859. The first kappa shape index (κ1) is 23.1. The summed E-state index contributed by atoms with van der Waals surface area (Å²) in [5.74, 6) is 0.261. The van der Waals surface area contributed by atoms with Gasteiger partial charge in [-0.25, -0.2) is 8.42 Å². The predicted molar refractivity (Wildman–Crippen MR) is 134 cm³/mol. The Bertz CT molecular complexity index is 1310. The average molecular weight is 496 g/mol. The molecule has 0 spiro atoms. The number of hydrogen-bond donors (Lipinski definition) is 1. The number of fused-ring (bicyclic) bond motifs is 2. The highest BCUT2D eigenvalue weighted by Crippen LogP contribution is 2.39. The van der Waals surface area contributed by atoms with Crippen molar-refractivity contribution in [3.8, 4) is 11.1 Å². The van der Waals surface area contributed by atoms with E-state index < -0.39 is 10.0 Å². The smallest absolute Gasteiger partial charge is 0.253 e. The predicted octanol–water partition coefficient (Wildman–Crippen LogP) is 3.84. The summed E-state index contributed by atoms with van der Waals surface area (Å²) in [4.78, 5) is 13.9. The first-order valence-electron chi connectivity index (χ1n) is 11.2. The number of carbonyl (C=O) groups excluding carboxylic acids is 1. The fraction of sp³-hybridized carbons (Fsp3) is 0.269. The van der Waals surface area contributed by atoms with Gasteiger partial charge in [0, 0.05) is 55.8 Å². The molecule has 34 heavy (non-hydrogen) atoms. The van der Waals surface area contributed by atoms with Crippen molar-refractivity contribution in [2.45, 2.75) is 22.9 Å². The highest BCUT2D eigenvalue weighted by Gasteiger charge is 2.49. The van der Waals surface area contributed by atoms with E-state index in [1.165, 1.54) is 11.6 Å². The van der Waals surface area contributed by atoms with Gasteiger partial charge in [-0.2, -0.15) is 4.31 Å². The van der Waals surface area contributed by atoms with Gasteiger partial charge in [0.25, 0.3) is 5.91 Å². The average Bonchev–Trinajstić information content (AvgIpc) is 2.84. The Morgan fingerprint density at radius 2 is 1.53 bits per heavy atom. The van der Waals surface area contributed by atoms with E-state index in [9.17, 15) is 13.2 Å². The van der Waals surface area contributed by atoms with Crippen molar-refractivity contribution >= 4 is 27.5 Å². The van der Waals surface area contributed by atoms with Gasteiger partial charge in [-0.3, -0.25) is 4.79 Å². The molecule has 3 aliphatic heterocycles. The van der Waals surface area contributed by atoms with Crippen LogP contribution in [-0.4, -0.2) is 62.8 Å². The molecule has 176 valence electrons. The van der Waals surface area contributed by atoms with E-state index in [1.54, 1.807) is 41.5 Å². The third kappa shape index (κ3) is 4.14. The molecule has 6 rings (SSSR count). The standard InChI is InChI=1S/C26H26ClN3O3S/c1-29(2)26(31)20-12-8-18(9-13-20)17-6-10-19(11-7-17)25-23-15-30(16-24(25)28-23)34(32,33)22-5-3-4-21(27)14-22/h3-14,23-25,28H,15-16H2,1-2H3/t23-,24+,25?. The van der Waals surface area contributed by atoms with Crippen LogP contribution in [0.4, 0.5) is 0 Å². The lowest BCUT2D eigenvalue weighted by molar-refractivity contribution is 0.0827. The summed E-state index contributed by atoms with van der Waals surface area (Å²) in [5, 5.41) is 3.91. The molecule has 0 aliphatic carbocycles. The molecular weight excluding hydrogens is 470 g/mol. The van der Waals surface area contributed by atoms with E-state index in [2.05, 4.69) is 29.6 Å². The van der Waals surface area contributed by atoms with Crippen LogP contribution < -0.4 is 5.32 Å². The van der Waals surface area contributed by atoms with Gasteiger partial charge in [-0.15, -0.1) is 0 Å². The van der Waals surface area contributed by atoms with Crippen LogP contribution in [0.3, 0.4) is 0 Å². The van der Waals surface area contributed by atoms with Crippen molar-refractivity contribution in [2.75, 3.05) is 27.2 Å². The summed E-state index contributed by atoms with van der Waals surface area (Å²) in [6, 6.07) is 22.6. The number of rotatable bonds is 5. The van der Waals surface area contributed by atoms with Crippen molar-refractivity contribution in [1.29, 1.82) is 0 Å². The van der Waals surface area contributed by atoms with Crippen LogP contribution in [0.1, 0.15) is 21.8 Å². The molecule has 0 radical (unpaired) electrons. The van der Waals surface area contributed by atoms with E-state index >= 15 is 0 Å². The van der Waals surface area contributed by atoms with E-state index in [4.69, 9.17) is 11.6 Å². The van der Waals surface area contributed by atoms with Crippen LogP contribution >= 0.6 is 11.6 Å². The topological polar surface area (TPSA) is 69.7 Å². The summed E-state index contributed by atoms with van der Waals surface area (Å²) in [7, 11) is -0.0854. The molecule has 3 atom stereocenters. The molecule has 3 aliphatic rings. The van der Waals surface area contributed by atoms with Crippen LogP contribution in [0, 0.1) is 0 Å². The molecule has 3 heterocycles. The molecule has 3 saturated heterocycles.